The van der Waals surface area contributed by atoms with Crippen LogP contribution in [0.3, 0.4) is 0 Å². The fraction of sp³-hybridized carbons (Fsp3) is 0.455. The topological polar surface area (TPSA) is 64.6 Å². The third-order valence-electron chi connectivity index (χ3n) is 1.85. The van der Waals surface area contributed by atoms with Gasteiger partial charge in [-0.1, -0.05) is 6.07 Å². The van der Waals surface area contributed by atoms with E-state index in [0.29, 0.717) is 6.54 Å². The Morgan fingerprint density at radius 1 is 1.41 bits per heavy atom. The number of hydrogen-bond acceptors (Lipinski definition) is 5. The standard InChI is InChI=1S/C11H15NO4S/c1-2-15-10(13)8-16-11(14)12-6-5-9-4-3-7-17-9/h3-4,7H,2,5-6,8H2,1H3,(H,12,14). The minimum absolute atomic E-state index is 0.280. The van der Waals surface area contributed by atoms with E-state index in [0.717, 1.165) is 6.42 Å². The molecule has 0 aliphatic carbocycles. The molecule has 1 heterocycles. The van der Waals surface area contributed by atoms with Gasteiger partial charge < -0.3 is 14.8 Å². The molecule has 0 saturated carbocycles. The Hall–Kier alpha value is -1.56. The van der Waals surface area contributed by atoms with Gasteiger partial charge in [0.15, 0.2) is 6.61 Å². The van der Waals surface area contributed by atoms with Crippen LogP contribution in [-0.2, 0) is 20.7 Å². The lowest BCUT2D eigenvalue weighted by atomic mass is 10.3. The first-order chi connectivity index (χ1) is 8.22. The van der Waals surface area contributed by atoms with Crippen LogP contribution in [0.25, 0.3) is 0 Å². The number of carbonyl (C=O) groups is 2. The molecule has 0 bridgehead atoms. The van der Waals surface area contributed by atoms with E-state index in [1.54, 1.807) is 18.3 Å². The molecule has 0 atom stereocenters. The highest BCUT2D eigenvalue weighted by Crippen LogP contribution is 2.07. The summed E-state index contributed by atoms with van der Waals surface area (Å²) in [7, 11) is 0. The van der Waals surface area contributed by atoms with Crippen molar-refractivity contribution in [2.45, 2.75) is 13.3 Å². The van der Waals surface area contributed by atoms with E-state index in [-0.39, 0.29) is 13.2 Å². The first-order valence-electron chi connectivity index (χ1n) is 5.31. The summed E-state index contributed by atoms with van der Waals surface area (Å²) in [6.45, 7) is 2.11. The van der Waals surface area contributed by atoms with Crippen molar-refractivity contribution in [1.29, 1.82) is 0 Å². The van der Waals surface area contributed by atoms with Gasteiger partial charge in [-0.3, -0.25) is 0 Å². The normalized spacial score (nSPS) is 9.71. The second-order valence-electron chi connectivity index (χ2n) is 3.14. The van der Waals surface area contributed by atoms with Crippen molar-refractivity contribution in [3.05, 3.63) is 22.4 Å². The predicted octanol–water partition coefficient (Wildman–Crippen LogP) is 1.58. The van der Waals surface area contributed by atoms with E-state index in [9.17, 15) is 9.59 Å². The molecule has 0 fully saturated rings. The molecule has 1 amide bonds. The van der Waals surface area contributed by atoms with Crippen molar-refractivity contribution in [2.75, 3.05) is 19.8 Å². The SMILES string of the molecule is CCOC(=O)COC(=O)NCCc1cccs1. The maximum absolute atomic E-state index is 11.1. The van der Waals surface area contributed by atoms with E-state index in [1.165, 1.54) is 4.88 Å². The summed E-state index contributed by atoms with van der Waals surface area (Å²) in [6.07, 6.45) is 0.154. The smallest absolute Gasteiger partial charge is 0.407 e. The Bertz CT molecular complexity index is 350. The van der Waals surface area contributed by atoms with Crippen LogP contribution in [0.2, 0.25) is 0 Å². The highest BCUT2D eigenvalue weighted by atomic mass is 32.1. The molecular weight excluding hydrogens is 242 g/mol. The number of carbonyl (C=O) groups excluding carboxylic acids is 2. The van der Waals surface area contributed by atoms with Crippen LogP contribution in [0, 0.1) is 0 Å². The molecule has 0 aromatic carbocycles. The lowest BCUT2D eigenvalue weighted by Gasteiger charge is -2.05. The average molecular weight is 257 g/mol. The number of nitrogens with one attached hydrogen (secondary N) is 1. The van der Waals surface area contributed by atoms with Crippen LogP contribution in [0.5, 0.6) is 0 Å². The number of alkyl carbamates (subject to hydrolysis) is 1. The van der Waals surface area contributed by atoms with Gasteiger partial charge in [0.1, 0.15) is 0 Å². The Kier molecular flexibility index (Phi) is 6.09. The van der Waals surface area contributed by atoms with Gasteiger partial charge >= 0.3 is 12.1 Å². The summed E-state index contributed by atoms with van der Waals surface area (Å²) in [5, 5.41) is 4.54. The highest BCUT2D eigenvalue weighted by molar-refractivity contribution is 7.09. The minimum atomic E-state index is -0.602. The van der Waals surface area contributed by atoms with Crippen molar-refractivity contribution in [3.8, 4) is 0 Å². The van der Waals surface area contributed by atoms with Crippen LogP contribution in [-0.4, -0.2) is 31.8 Å². The molecule has 6 heteroatoms. The molecule has 17 heavy (non-hydrogen) atoms. The zero-order valence-corrected chi connectivity index (χ0v) is 10.4. The van der Waals surface area contributed by atoms with Crippen molar-refractivity contribution >= 4 is 23.4 Å². The number of thiophene rings is 1. The monoisotopic (exact) mass is 257 g/mol. The lowest BCUT2D eigenvalue weighted by molar-refractivity contribution is -0.146. The fourth-order valence-electron chi connectivity index (χ4n) is 1.12. The molecular formula is C11H15NO4S. The van der Waals surface area contributed by atoms with Crippen LogP contribution in [0.15, 0.2) is 17.5 Å². The zero-order chi connectivity index (χ0) is 12.5. The van der Waals surface area contributed by atoms with Gasteiger partial charge in [-0.05, 0) is 24.8 Å². The van der Waals surface area contributed by atoms with Gasteiger partial charge in [-0.15, -0.1) is 11.3 Å². The maximum Gasteiger partial charge on any atom is 0.407 e. The predicted molar refractivity (Wildman–Crippen MR) is 64.0 cm³/mol. The fourth-order valence-corrected chi connectivity index (χ4v) is 1.83. The van der Waals surface area contributed by atoms with Gasteiger partial charge in [0.25, 0.3) is 0 Å². The van der Waals surface area contributed by atoms with Crippen LogP contribution in [0.1, 0.15) is 11.8 Å². The molecule has 0 saturated heterocycles. The van der Waals surface area contributed by atoms with Gasteiger partial charge in [-0.2, -0.15) is 0 Å². The third-order valence-corrected chi connectivity index (χ3v) is 2.78. The molecule has 5 nitrogen and oxygen atoms in total. The van der Waals surface area contributed by atoms with E-state index in [1.807, 2.05) is 17.5 Å². The van der Waals surface area contributed by atoms with Crippen LogP contribution >= 0.6 is 11.3 Å². The number of ether oxygens (including phenoxy) is 2. The molecule has 0 unspecified atom stereocenters. The van der Waals surface area contributed by atoms with Gasteiger partial charge in [0, 0.05) is 11.4 Å². The van der Waals surface area contributed by atoms with Crippen molar-refractivity contribution in [1.82, 2.24) is 5.32 Å². The molecule has 1 rings (SSSR count). The second-order valence-corrected chi connectivity index (χ2v) is 4.17. The summed E-state index contributed by atoms with van der Waals surface area (Å²) in [6, 6.07) is 3.95. The molecule has 0 aliphatic heterocycles. The second kappa shape index (κ2) is 7.67. The molecule has 1 aromatic rings. The number of hydrogen-bond donors (Lipinski definition) is 1. The molecule has 1 N–H and O–H groups in total. The van der Waals surface area contributed by atoms with Crippen molar-refractivity contribution in [3.63, 3.8) is 0 Å². The third kappa shape index (κ3) is 5.91. The number of esters is 1. The van der Waals surface area contributed by atoms with Gasteiger partial charge in [0.2, 0.25) is 0 Å². The number of amides is 1. The molecule has 0 radical (unpaired) electrons. The molecule has 94 valence electrons. The summed E-state index contributed by atoms with van der Waals surface area (Å²) in [5.41, 5.74) is 0. The first kappa shape index (κ1) is 13.5. The van der Waals surface area contributed by atoms with E-state index in [4.69, 9.17) is 0 Å². The maximum atomic E-state index is 11.1. The van der Waals surface area contributed by atoms with Crippen LogP contribution in [0.4, 0.5) is 4.79 Å². The first-order valence-corrected chi connectivity index (χ1v) is 6.19. The Morgan fingerprint density at radius 2 is 2.24 bits per heavy atom. The Balaban J connectivity index is 2.07. The summed E-state index contributed by atoms with van der Waals surface area (Å²) >= 11 is 1.63. The Labute approximate surface area is 104 Å². The summed E-state index contributed by atoms with van der Waals surface area (Å²) < 4.78 is 9.27. The summed E-state index contributed by atoms with van der Waals surface area (Å²) in [4.78, 5) is 23.2. The van der Waals surface area contributed by atoms with Gasteiger partial charge in [-0.25, -0.2) is 9.59 Å². The van der Waals surface area contributed by atoms with E-state index >= 15 is 0 Å². The lowest BCUT2D eigenvalue weighted by Crippen LogP contribution is -2.28. The molecule has 0 aliphatic rings. The largest absolute Gasteiger partial charge is 0.463 e. The minimum Gasteiger partial charge on any atom is -0.463 e. The Morgan fingerprint density at radius 3 is 2.88 bits per heavy atom. The van der Waals surface area contributed by atoms with Gasteiger partial charge in [0.05, 0.1) is 6.61 Å². The molecule has 0 spiro atoms. The number of rotatable bonds is 6. The summed E-state index contributed by atoms with van der Waals surface area (Å²) in [5.74, 6) is -0.541. The zero-order valence-electron chi connectivity index (χ0n) is 9.60. The van der Waals surface area contributed by atoms with Crippen molar-refractivity contribution in [2.24, 2.45) is 0 Å². The van der Waals surface area contributed by atoms with Crippen LogP contribution < -0.4 is 5.32 Å². The highest BCUT2D eigenvalue weighted by Gasteiger charge is 2.06. The average Bonchev–Trinajstić information content (AvgIpc) is 2.80. The van der Waals surface area contributed by atoms with E-state index in [2.05, 4.69) is 14.8 Å². The quantitative estimate of drug-likeness (QED) is 0.786. The molecule has 1 aromatic heterocycles. The van der Waals surface area contributed by atoms with Crippen molar-refractivity contribution < 1.29 is 19.1 Å². The van der Waals surface area contributed by atoms with E-state index < -0.39 is 12.1 Å².